The fourth-order valence-corrected chi connectivity index (χ4v) is 4.03. The van der Waals surface area contributed by atoms with Crippen molar-refractivity contribution in [3.8, 4) is 5.69 Å². The average Bonchev–Trinajstić information content (AvgIpc) is 3.06. The molecule has 1 aromatic carbocycles. The Labute approximate surface area is 143 Å². The van der Waals surface area contributed by atoms with Crippen molar-refractivity contribution in [3.63, 3.8) is 0 Å². The van der Waals surface area contributed by atoms with Gasteiger partial charge in [0.25, 0.3) is 0 Å². The van der Waals surface area contributed by atoms with Gasteiger partial charge >= 0.3 is 0 Å². The SMILES string of the molecule is [O-][N+]1(CCC2CCCc3c2cnn3-c2ccccc2)CCOCC1. The van der Waals surface area contributed by atoms with Gasteiger partial charge in [-0.3, -0.25) is 0 Å². The first-order chi connectivity index (χ1) is 11.8. The topological polar surface area (TPSA) is 50.1 Å². The van der Waals surface area contributed by atoms with E-state index in [1.165, 1.54) is 24.1 Å². The van der Waals surface area contributed by atoms with Crippen LogP contribution in [0.15, 0.2) is 36.5 Å². The number of hydrogen-bond acceptors (Lipinski definition) is 3. The van der Waals surface area contributed by atoms with E-state index in [1.54, 1.807) is 0 Å². The Hall–Kier alpha value is -1.69. The fourth-order valence-electron chi connectivity index (χ4n) is 4.03. The number of morpholine rings is 1. The summed E-state index contributed by atoms with van der Waals surface area (Å²) in [7, 11) is 0. The standard InChI is InChI=1S/C19H25N3O2/c23-22(11-13-24-14-12-22)10-9-16-5-4-8-19-18(16)15-20-21(19)17-6-2-1-3-7-17/h1-3,6-7,15-16H,4-5,8-14H2. The molecule has 2 aromatic rings. The summed E-state index contributed by atoms with van der Waals surface area (Å²) in [6.07, 6.45) is 6.41. The minimum atomic E-state index is -0.0847. The lowest BCUT2D eigenvalue weighted by molar-refractivity contribution is -0.889. The number of hydrogen-bond donors (Lipinski definition) is 0. The van der Waals surface area contributed by atoms with Gasteiger partial charge in [0.1, 0.15) is 13.1 Å². The predicted octanol–water partition coefficient (Wildman–Crippen LogP) is 3.03. The molecule has 2 heterocycles. The lowest BCUT2D eigenvalue weighted by atomic mass is 9.84. The van der Waals surface area contributed by atoms with Crippen LogP contribution >= 0.6 is 0 Å². The minimum Gasteiger partial charge on any atom is -0.633 e. The second-order valence-electron chi connectivity index (χ2n) is 7.01. The summed E-state index contributed by atoms with van der Waals surface area (Å²) in [5.41, 5.74) is 3.81. The van der Waals surface area contributed by atoms with Gasteiger partial charge in [-0.15, -0.1) is 0 Å². The second-order valence-corrected chi connectivity index (χ2v) is 7.01. The summed E-state index contributed by atoms with van der Waals surface area (Å²) in [5, 5.41) is 17.4. The van der Waals surface area contributed by atoms with Gasteiger partial charge in [-0.1, -0.05) is 18.2 Å². The molecule has 0 radical (unpaired) electrons. The third kappa shape index (κ3) is 3.11. The van der Waals surface area contributed by atoms with Gasteiger partial charge in [-0.25, -0.2) is 4.68 Å². The summed E-state index contributed by atoms with van der Waals surface area (Å²) >= 11 is 0. The van der Waals surface area contributed by atoms with Gasteiger partial charge in [0, 0.05) is 12.1 Å². The molecule has 1 saturated heterocycles. The van der Waals surface area contributed by atoms with Gasteiger partial charge < -0.3 is 14.6 Å². The van der Waals surface area contributed by atoms with E-state index in [9.17, 15) is 5.21 Å². The van der Waals surface area contributed by atoms with Crippen molar-refractivity contribution in [2.75, 3.05) is 32.8 Å². The van der Waals surface area contributed by atoms with E-state index in [1.807, 2.05) is 24.4 Å². The molecule has 0 amide bonds. The number of nitrogens with zero attached hydrogens (tertiary/aromatic N) is 3. The molecule has 1 aromatic heterocycles. The van der Waals surface area contributed by atoms with Gasteiger partial charge in [0.2, 0.25) is 0 Å². The maximum absolute atomic E-state index is 12.7. The summed E-state index contributed by atoms with van der Waals surface area (Å²) in [5.74, 6) is 0.470. The van der Waals surface area contributed by atoms with Crippen molar-refractivity contribution in [1.82, 2.24) is 9.78 Å². The highest BCUT2D eigenvalue weighted by Gasteiger charge is 2.28. The van der Waals surface area contributed by atoms with Crippen LogP contribution < -0.4 is 0 Å². The number of ether oxygens (including phenoxy) is 1. The summed E-state index contributed by atoms with van der Waals surface area (Å²) in [6, 6.07) is 10.3. The fraction of sp³-hybridized carbons (Fsp3) is 0.526. The summed E-state index contributed by atoms with van der Waals surface area (Å²) in [6.45, 7) is 3.10. The molecule has 24 heavy (non-hydrogen) atoms. The predicted molar refractivity (Wildman–Crippen MR) is 92.9 cm³/mol. The van der Waals surface area contributed by atoms with Crippen LogP contribution in [-0.2, 0) is 11.2 Å². The van der Waals surface area contributed by atoms with Crippen molar-refractivity contribution < 1.29 is 9.38 Å². The maximum Gasteiger partial charge on any atom is 0.102 e. The van der Waals surface area contributed by atoms with Crippen molar-refractivity contribution in [3.05, 3.63) is 53.0 Å². The third-order valence-corrected chi connectivity index (χ3v) is 5.48. The van der Waals surface area contributed by atoms with Gasteiger partial charge in [0.15, 0.2) is 0 Å². The molecule has 0 spiro atoms. The zero-order valence-electron chi connectivity index (χ0n) is 14.1. The largest absolute Gasteiger partial charge is 0.633 e. The molecular weight excluding hydrogens is 302 g/mol. The normalized spacial score (nSPS) is 23.0. The number of hydroxylamine groups is 3. The molecule has 1 unspecified atom stereocenters. The minimum absolute atomic E-state index is 0.0847. The summed E-state index contributed by atoms with van der Waals surface area (Å²) < 4.78 is 7.33. The van der Waals surface area contributed by atoms with E-state index in [0.29, 0.717) is 38.8 Å². The molecule has 5 nitrogen and oxygen atoms in total. The first-order valence-electron chi connectivity index (χ1n) is 9.02. The number of benzene rings is 1. The van der Waals surface area contributed by atoms with Crippen molar-refractivity contribution >= 4 is 0 Å². The van der Waals surface area contributed by atoms with E-state index in [0.717, 1.165) is 18.5 Å². The smallest absolute Gasteiger partial charge is 0.102 e. The molecule has 128 valence electrons. The zero-order valence-corrected chi connectivity index (χ0v) is 14.1. The van der Waals surface area contributed by atoms with Gasteiger partial charge in [0.05, 0.1) is 31.6 Å². The Balaban J connectivity index is 1.51. The lowest BCUT2D eigenvalue weighted by Crippen LogP contribution is -2.51. The van der Waals surface area contributed by atoms with Crippen molar-refractivity contribution in [2.24, 2.45) is 0 Å². The van der Waals surface area contributed by atoms with Crippen LogP contribution in [-0.4, -0.2) is 47.3 Å². The Kier molecular flexibility index (Phi) is 4.39. The lowest BCUT2D eigenvalue weighted by Gasteiger charge is -2.46. The quantitative estimate of drug-likeness (QED) is 0.641. The maximum atomic E-state index is 12.7. The highest BCUT2D eigenvalue weighted by molar-refractivity contribution is 5.37. The van der Waals surface area contributed by atoms with E-state index in [-0.39, 0.29) is 4.65 Å². The van der Waals surface area contributed by atoms with Crippen LogP contribution in [0.4, 0.5) is 0 Å². The van der Waals surface area contributed by atoms with Crippen LogP contribution in [0, 0.1) is 5.21 Å². The molecule has 4 rings (SSSR count). The first kappa shape index (κ1) is 15.8. The number of aromatic nitrogens is 2. The number of para-hydroxylation sites is 1. The molecular formula is C19H25N3O2. The highest BCUT2D eigenvalue weighted by Crippen LogP contribution is 2.35. The van der Waals surface area contributed by atoms with E-state index in [4.69, 9.17) is 4.74 Å². The third-order valence-electron chi connectivity index (χ3n) is 5.48. The molecule has 1 fully saturated rings. The molecule has 0 saturated carbocycles. The average molecular weight is 327 g/mol. The van der Waals surface area contributed by atoms with Crippen LogP contribution in [0.2, 0.25) is 0 Å². The van der Waals surface area contributed by atoms with Crippen molar-refractivity contribution in [1.29, 1.82) is 0 Å². The number of quaternary nitrogens is 1. The zero-order chi connectivity index (χ0) is 16.4. The molecule has 0 bridgehead atoms. The van der Waals surface area contributed by atoms with Crippen LogP contribution in [0.25, 0.3) is 5.69 Å². The summed E-state index contributed by atoms with van der Waals surface area (Å²) in [4.78, 5) is 0. The monoisotopic (exact) mass is 327 g/mol. The highest BCUT2D eigenvalue weighted by atomic mass is 16.6. The van der Waals surface area contributed by atoms with Gasteiger partial charge in [-0.05, 0) is 42.9 Å². The van der Waals surface area contributed by atoms with E-state index >= 15 is 0 Å². The Bertz CT molecular complexity index is 677. The number of rotatable bonds is 4. The Morgan fingerprint density at radius 1 is 1.21 bits per heavy atom. The molecule has 1 aliphatic heterocycles. The first-order valence-corrected chi connectivity index (χ1v) is 9.02. The molecule has 5 heteroatoms. The van der Waals surface area contributed by atoms with Gasteiger partial charge in [-0.2, -0.15) is 5.10 Å². The Morgan fingerprint density at radius 3 is 2.79 bits per heavy atom. The molecule has 1 aliphatic carbocycles. The van der Waals surface area contributed by atoms with E-state index in [2.05, 4.69) is 21.9 Å². The molecule has 1 atom stereocenters. The van der Waals surface area contributed by atoms with Crippen molar-refractivity contribution in [2.45, 2.75) is 31.6 Å². The number of fused-ring (bicyclic) bond motifs is 1. The Morgan fingerprint density at radius 2 is 2.00 bits per heavy atom. The molecule has 0 N–H and O–H groups in total. The molecule has 2 aliphatic rings. The van der Waals surface area contributed by atoms with Crippen LogP contribution in [0.1, 0.15) is 36.4 Å². The van der Waals surface area contributed by atoms with Crippen LogP contribution in [0.3, 0.4) is 0 Å². The second kappa shape index (κ2) is 6.67. The van der Waals surface area contributed by atoms with Crippen LogP contribution in [0.5, 0.6) is 0 Å². The van der Waals surface area contributed by atoms with E-state index < -0.39 is 0 Å².